The van der Waals surface area contributed by atoms with Crippen molar-refractivity contribution in [3.63, 3.8) is 0 Å². The molecule has 8 nitrogen and oxygen atoms in total. The van der Waals surface area contributed by atoms with Crippen LogP contribution in [-0.2, 0) is 16.1 Å². The van der Waals surface area contributed by atoms with E-state index in [9.17, 15) is 9.59 Å². The van der Waals surface area contributed by atoms with Gasteiger partial charge in [0, 0.05) is 43.2 Å². The molecule has 174 valence electrons. The molecular weight excluding hydrogens is 406 g/mol. The Bertz CT molecular complexity index is 1020. The summed E-state index contributed by atoms with van der Waals surface area (Å²) in [6, 6.07) is 7.73. The number of para-hydroxylation sites is 2. The molecule has 0 aliphatic carbocycles. The van der Waals surface area contributed by atoms with Gasteiger partial charge in [0.05, 0.1) is 24.2 Å². The summed E-state index contributed by atoms with van der Waals surface area (Å²) >= 11 is 0. The van der Waals surface area contributed by atoms with E-state index < -0.39 is 0 Å². The van der Waals surface area contributed by atoms with Crippen LogP contribution in [-0.4, -0.2) is 58.9 Å². The molecule has 1 aromatic carbocycles. The van der Waals surface area contributed by atoms with E-state index in [0.717, 1.165) is 23.9 Å². The number of ether oxygens (including phenoxy) is 1. The minimum atomic E-state index is -0.150. The average Bonchev–Trinajstić information content (AvgIpc) is 2.71. The van der Waals surface area contributed by atoms with Gasteiger partial charge in [-0.1, -0.05) is 12.1 Å². The maximum absolute atomic E-state index is 13.3. The molecule has 4 rings (SSSR count). The largest absolute Gasteiger partial charge is 0.378 e. The van der Waals surface area contributed by atoms with E-state index in [1.54, 1.807) is 4.57 Å². The number of carbonyl (C=O) groups excluding carboxylic acids is 1. The van der Waals surface area contributed by atoms with E-state index in [0.29, 0.717) is 38.7 Å². The van der Waals surface area contributed by atoms with Crippen LogP contribution in [0.2, 0.25) is 0 Å². The minimum Gasteiger partial charge on any atom is -0.378 e. The van der Waals surface area contributed by atoms with E-state index in [1.165, 1.54) is 0 Å². The highest BCUT2D eigenvalue weighted by molar-refractivity contribution is 5.78. The number of hydrogen-bond donors (Lipinski definition) is 2. The Morgan fingerprint density at radius 1 is 1.16 bits per heavy atom. The van der Waals surface area contributed by atoms with Crippen LogP contribution in [0.3, 0.4) is 0 Å². The number of morpholine rings is 1. The van der Waals surface area contributed by atoms with Gasteiger partial charge in [-0.05, 0) is 52.7 Å². The molecule has 2 saturated heterocycles. The van der Waals surface area contributed by atoms with Crippen molar-refractivity contribution in [2.45, 2.75) is 70.6 Å². The molecule has 0 unspecified atom stereocenters. The maximum atomic E-state index is 13.3. The van der Waals surface area contributed by atoms with Gasteiger partial charge in [-0.3, -0.25) is 9.59 Å². The summed E-state index contributed by atoms with van der Waals surface area (Å²) in [6.07, 6.45) is 2.00. The minimum absolute atomic E-state index is 0.0239. The standard InChI is InChI=1S/C24H35N5O3/c1-23(2)15-17(16-24(3,4)27-23)25-20(30)9-10-29-19-8-6-5-7-18(19)26-21(22(29)31)28-11-13-32-14-12-28/h5-8,17,27H,9-16H2,1-4H3,(H,25,30). The molecule has 1 aromatic heterocycles. The fourth-order valence-corrected chi connectivity index (χ4v) is 5.32. The zero-order valence-electron chi connectivity index (χ0n) is 19.6. The lowest BCUT2D eigenvalue weighted by Crippen LogP contribution is -2.62. The number of benzene rings is 1. The molecule has 2 aromatic rings. The predicted octanol–water partition coefficient (Wildman–Crippen LogP) is 2.05. The third-order valence-corrected chi connectivity index (χ3v) is 6.26. The summed E-state index contributed by atoms with van der Waals surface area (Å²) in [6.45, 7) is 11.4. The van der Waals surface area contributed by atoms with Crippen LogP contribution < -0.4 is 21.1 Å². The molecule has 8 heteroatoms. The van der Waals surface area contributed by atoms with E-state index in [-0.39, 0.29) is 35.0 Å². The van der Waals surface area contributed by atoms with Gasteiger partial charge >= 0.3 is 0 Å². The number of aromatic nitrogens is 2. The Balaban J connectivity index is 1.52. The van der Waals surface area contributed by atoms with Crippen LogP contribution in [0.25, 0.3) is 11.0 Å². The number of carbonyl (C=O) groups is 1. The highest BCUT2D eigenvalue weighted by Crippen LogP contribution is 2.28. The Labute approximate surface area is 189 Å². The topological polar surface area (TPSA) is 88.5 Å². The number of rotatable bonds is 5. The van der Waals surface area contributed by atoms with Crippen molar-refractivity contribution >= 4 is 22.8 Å². The lowest BCUT2D eigenvalue weighted by molar-refractivity contribution is -0.122. The summed E-state index contributed by atoms with van der Waals surface area (Å²) < 4.78 is 7.12. The summed E-state index contributed by atoms with van der Waals surface area (Å²) in [7, 11) is 0. The first-order valence-electron chi connectivity index (χ1n) is 11.5. The molecule has 0 saturated carbocycles. The lowest BCUT2D eigenvalue weighted by atomic mass is 9.79. The second-order valence-corrected chi connectivity index (χ2v) is 10.3. The van der Waals surface area contributed by atoms with Crippen LogP contribution in [0.1, 0.15) is 47.0 Å². The third kappa shape index (κ3) is 5.13. The first-order valence-corrected chi connectivity index (χ1v) is 11.5. The van der Waals surface area contributed by atoms with Crippen LogP contribution >= 0.6 is 0 Å². The first kappa shape index (κ1) is 22.7. The van der Waals surface area contributed by atoms with Crippen molar-refractivity contribution in [3.05, 3.63) is 34.6 Å². The smallest absolute Gasteiger partial charge is 0.294 e. The van der Waals surface area contributed by atoms with Gasteiger partial charge in [-0.2, -0.15) is 0 Å². The first-order chi connectivity index (χ1) is 15.1. The molecular formula is C24H35N5O3. The summed E-state index contributed by atoms with van der Waals surface area (Å²) in [5, 5.41) is 6.85. The second-order valence-electron chi connectivity index (χ2n) is 10.3. The molecule has 2 N–H and O–H groups in total. The highest BCUT2D eigenvalue weighted by atomic mass is 16.5. The molecule has 2 aliphatic rings. The summed E-state index contributed by atoms with van der Waals surface area (Å²) in [4.78, 5) is 32.8. The average molecular weight is 442 g/mol. The highest BCUT2D eigenvalue weighted by Gasteiger charge is 2.38. The second kappa shape index (κ2) is 8.83. The fraction of sp³-hybridized carbons (Fsp3) is 0.625. The van der Waals surface area contributed by atoms with E-state index in [1.807, 2.05) is 29.2 Å². The molecule has 1 amide bonds. The Kier molecular flexibility index (Phi) is 6.27. The third-order valence-electron chi connectivity index (χ3n) is 6.26. The molecule has 3 heterocycles. The maximum Gasteiger partial charge on any atom is 0.294 e. The number of amides is 1. The lowest BCUT2D eigenvalue weighted by Gasteiger charge is -2.46. The zero-order chi connectivity index (χ0) is 22.9. The van der Waals surface area contributed by atoms with Gasteiger partial charge in [0.1, 0.15) is 0 Å². The molecule has 0 radical (unpaired) electrons. The summed E-state index contributed by atoms with van der Waals surface area (Å²) in [5.74, 6) is 0.415. The number of fused-ring (bicyclic) bond motifs is 1. The normalized spacial score (nSPS) is 20.9. The van der Waals surface area contributed by atoms with Gasteiger partial charge < -0.3 is 24.8 Å². The van der Waals surface area contributed by atoms with Crippen LogP contribution in [0.15, 0.2) is 29.1 Å². The van der Waals surface area contributed by atoms with Crippen molar-refractivity contribution in [1.29, 1.82) is 0 Å². The van der Waals surface area contributed by atoms with Crippen LogP contribution in [0.5, 0.6) is 0 Å². The Morgan fingerprint density at radius 2 is 1.81 bits per heavy atom. The number of nitrogens with one attached hydrogen (secondary N) is 2. The monoisotopic (exact) mass is 441 g/mol. The van der Waals surface area contributed by atoms with Crippen LogP contribution in [0, 0.1) is 0 Å². The van der Waals surface area contributed by atoms with Crippen molar-refractivity contribution < 1.29 is 9.53 Å². The predicted molar refractivity (Wildman–Crippen MR) is 126 cm³/mol. The van der Waals surface area contributed by atoms with Gasteiger partial charge in [0.25, 0.3) is 5.56 Å². The number of anilines is 1. The molecule has 2 aliphatic heterocycles. The van der Waals surface area contributed by atoms with E-state index in [2.05, 4.69) is 43.3 Å². The number of piperidine rings is 1. The Morgan fingerprint density at radius 3 is 2.50 bits per heavy atom. The van der Waals surface area contributed by atoms with Crippen molar-refractivity contribution in [2.75, 3.05) is 31.2 Å². The quantitative estimate of drug-likeness (QED) is 0.738. The van der Waals surface area contributed by atoms with Crippen molar-refractivity contribution in [3.8, 4) is 0 Å². The van der Waals surface area contributed by atoms with Crippen molar-refractivity contribution in [1.82, 2.24) is 20.2 Å². The fourth-order valence-electron chi connectivity index (χ4n) is 5.32. The van der Waals surface area contributed by atoms with Crippen molar-refractivity contribution in [2.24, 2.45) is 0 Å². The Hall–Kier alpha value is -2.45. The van der Waals surface area contributed by atoms with Gasteiger partial charge in [-0.25, -0.2) is 4.98 Å². The molecule has 2 fully saturated rings. The number of hydrogen-bond acceptors (Lipinski definition) is 6. The van der Waals surface area contributed by atoms with Crippen LogP contribution in [0.4, 0.5) is 5.82 Å². The molecule has 0 atom stereocenters. The van der Waals surface area contributed by atoms with Gasteiger partial charge in [-0.15, -0.1) is 0 Å². The van der Waals surface area contributed by atoms with Gasteiger partial charge in [0.15, 0.2) is 5.82 Å². The SMILES string of the molecule is CC1(C)CC(NC(=O)CCn2c(=O)c(N3CCOCC3)nc3ccccc32)CC(C)(C)N1. The summed E-state index contributed by atoms with van der Waals surface area (Å²) in [5.41, 5.74) is 1.29. The molecule has 0 spiro atoms. The van der Waals surface area contributed by atoms with E-state index >= 15 is 0 Å². The number of aryl methyl sites for hydroxylation is 1. The molecule has 32 heavy (non-hydrogen) atoms. The van der Waals surface area contributed by atoms with Gasteiger partial charge in [0.2, 0.25) is 5.91 Å². The molecule has 0 bridgehead atoms. The number of nitrogens with zero attached hydrogens (tertiary/aromatic N) is 3. The van der Waals surface area contributed by atoms with E-state index in [4.69, 9.17) is 4.74 Å². The zero-order valence-corrected chi connectivity index (χ0v) is 19.6.